The number of rotatable bonds is 6. The van der Waals surface area contributed by atoms with Gasteiger partial charge in [0.25, 0.3) is 0 Å². The van der Waals surface area contributed by atoms with Gasteiger partial charge >= 0.3 is 0 Å². The molecule has 0 aliphatic carbocycles. The molecular weight excluding hydrogens is 336 g/mol. The van der Waals surface area contributed by atoms with Crippen LogP contribution in [0.1, 0.15) is 11.6 Å². The van der Waals surface area contributed by atoms with Crippen molar-refractivity contribution in [3.8, 4) is 5.75 Å². The van der Waals surface area contributed by atoms with E-state index in [1.165, 1.54) is 4.90 Å². The summed E-state index contributed by atoms with van der Waals surface area (Å²) in [6.45, 7) is 0. The van der Waals surface area contributed by atoms with Crippen molar-refractivity contribution in [3.63, 3.8) is 0 Å². The van der Waals surface area contributed by atoms with Crippen LogP contribution in [0.15, 0.2) is 57.9 Å². The Hall–Kier alpha value is -1.01. The molecule has 2 aromatic rings. The minimum Gasteiger partial charge on any atom is -0.496 e. The summed E-state index contributed by atoms with van der Waals surface area (Å²) >= 11 is 5.30. The smallest absolute Gasteiger partial charge is 0.123 e. The lowest BCUT2D eigenvalue weighted by Crippen LogP contribution is -2.30. The van der Waals surface area contributed by atoms with Gasteiger partial charge in [-0.25, -0.2) is 0 Å². The summed E-state index contributed by atoms with van der Waals surface area (Å²) in [7, 11) is 1.67. The Bertz CT molecular complexity index is 565. The van der Waals surface area contributed by atoms with Crippen LogP contribution in [0, 0.1) is 0 Å². The van der Waals surface area contributed by atoms with Gasteiger partial charge in [-0.1, -0.05) is 30.3 Å². The Morgan fingerprint density at radius 2 is 1.90 bits per heavy atom. The number of benzene rings is 2. The number of hydrogen-bond acceptors (Lipinski definition) is 4. The maximum atomic E-state index is 5.70. The SMILES string of the molecule is COc1ccccc1C(CSc1ccccc1Br)NN. The standard InChI is InChI=1S/C15H17BrN2OS/c1-19-14-8-4-2-6-11(14)13(18-17)10-20-15-9-5-3-7-12(15)16/h2-9,13,18H,10,17H2,1H3. The third kappa shape index (κ3) is 3.76. The normalized spacial score (nSPS) is 12.2. The number of nitrogens with two attached hydrogens (primary N) is 1. The fourth-order valence-electron chi connectivity index (χ4n) is 1.92. The Balaban J connectivity index is 2.11. The minimum atomic E-state index is 0.0308. The van der Waals surface area contributed by atoms with Gasteiger partial charge in [0.15, 0.2) is 0 Å². The first-order valence-corrected chi connectivity index (χ1v) is 8.00. The molecule has 0 spiro atoms. The highest BCUT2D eigenvalue weighted by atomic mass is 79.9. The quantitative estimate of drug-likeness (QED) is 0.472. The summed E-state index contributed by atoms with van der Waals surface area (Å²) in [4.78, 5) is 1.20. The first-order valence-electron chi connectivity index (χ1n) is 6.22. The molecule has 0 saturated carbocycles. The fraction of sp³-hybridized carbons (Fsp3) is 0.200. The maximum absolute atomic E-state index is 5.70. The van der Waals surface area contributed by atoms with E-state index >= 15 is 0 Å². The Kier molecular flexibility index (Phi) is 5.91. The van der Waals surface area contributed by atoms with Crippen LogP contribution in [0.25, 0.3) is 0 Å². The lowest BCUT2D eigenvalue weighted by molar-refractivity contribution is 0.403. The predicted molar refractivity (Wildman–Crippen MR) is 87.9 cm³/mol. The Morgan fingerprint density at radius 1 is 1.20 bits per heavy atom. The van der Waals surface area contributed by atoms with E-state index in [9.17, 15) is 0 Å². The zero-order valence-corrected chi connectivity index (χ0v) is 13.6. The van der Waals surface area contributed by atoms with Crippen molar-refractivity contribution in [2.45, 2.75) is 10.9 Å². The van der Waals surface area contributed by atoms with Crippen molar-refractivity contribution in [1.82, 2.24) is 5.43 Å². The van der Waals surface area contributed by atoms with Gasteiger partial charge < -0.3 is 4.74 Å². The number of thioether (sulfide) groups is 1. The molecule has 0 radical (unpaired) electrons. The van der Waals surface area contributed by atoms with Crippen LogP contribution in [0.4, 0.5) is 0 Å². The minimum absolute atomic E-state index is 0.0308. The molecule has 2 aromatic carbocycles. The second-order valence-corrected chi connectivity index (χ2v) is 6.12. The third-order valence-corrected chi connectivity index (χ3v) is 5.08. The van der Waals surface area contributed by atoms with Crippen LogP contribution in [0.5, 0.6) is 5.75 Å². The number of hydrogen-bond donors (Lipinski definition) is 2. The number of hydrazine groups is 1. The third-order valence-electron chi connectivity index (χ3n) is 2.96. The van der Waals surface area contributed by atoms with E-state index in [2.05, 4.69) is 27.4 Å². The summed E-state index contributed by atoms with van der Waals surface area (Å²) in [5, 5.41) is 0. The van der Waals surface area contributed by atoms with E-state index in [1.54, 1.807) is 18.9 Å². The van der Waals surface area contributed by atoms with Crippen LogP contribution < -0.4 is 16.0 Å². The molecule has 3 N–H and O–H groups in total. The highest BCUT2D eigenvalue weighted by molar-refractivity contribution is 9.10. The van der Waals surface area contributed by atoms with Crippen molar-refractivity contribution < 1.29 is 4.74 Å². The van der Waals surface area contributed by atoms with Gasteiger partial charge in [0, 0.05) is 20.7 Å². The largest absolute Gasteiger partial charge is 0.496 e. The summed E-state index contributed by atoms with van der Waals surface area (Å²) in [6, 6.07) is 16.1. The highest BCUT2D eigenvalue weighted by Gasteiger charge is 2.15. The second-order valence-electron chi connectivity index (χ2n) is 4.20. The van der Waals surface area contributed by atoms with E-state index in [0.717, 1.165) is 21.5 Å². The molecule has 0 bridgehead atoms. The van der Waals surface area contributed by atoms with Crippen molar-refractivity contribution in [3.05, 3.63) is 58.6 Å². The summed E-state index contributed by atoms with van der Waals surface area (Å²) in [5.41, 5.74) is 3.93. The molecule has 3 nitrogen and oxygen atoms in total. The summed E-state index contributed by atoms with van der Waals surface area (Å²) in [5.74, 6) is 7.37. The molecule has 0 heterocycles. The number of halogens is 1. The van der Waals surface area contributed by atoms with Crippen LogP contribution in [0.3, 0.4) is 0 Å². The molecule has 106 valence electrons. The van der Waals surface area contributed by atoms with Crippen molar-refractivity contribution >= 4 is 27.7 Å². The molecular formula is C15H17BrN2OS. The second kappa shape index (κ2) is 7.69. The summed E-state index contributed by atoms with van der Waals surface area (Å²) < 4.78 is 6.49. The lowest BCUT2D eigenvalue weighted by atomic mass is 10.1. The van der Waals surface area contributed by atoms with Gasteiger partial charge in [0.1, 0.15) is 5.75 Å². The van der Waals surface area contributed by atoms with Gasteiger partial charge in [-0.05, 0) is 34.1 Å². The van der Waals surface area contributed by atoms with Crippen molar-refractivity contribution in [2.75, 3.05) is 12.9 Å². The van der Waals surface area contributed by atoms with Crippen LogP contribution in [0.2, 0.25) is 0 Å². The highest BCUT2D eigenvalue weighted by Crippen LogP contribution is 2.32. The molecule has 5 heteroatoms. The van der Waals surface area contributed by atoms with Gasteiger partial charge in [-0.15, -0.1) is 11.8 Å². The summed E-state index contributed by atoms with van der Waals surface area (Å²) in [6.07, 6.45) is 0. The predicted octanol–water partition coefficient (Wildman–Crippen LogP) is 3.75. The number of methoxy groups -OCH3 is 1. The topological polar surface area (TPSA) is 47.3 Å². The van der Waals surface area contributed by atoms with Crippen molar-refractivity contribution in [2.24, 2.45) is 5.84 Å². The number of nitrogens with one attached hydrogen (secondary N) is 1. The molecule has 1 atom stereocenters. The molecule has 0 aromatic heterocycles. The van der Waals surface area contributed by atoms with Crippen LogP contribution in [-0.4, -0.2) is 12.9 Å². The maximum Gasteiger partial charge on any atom is 0.123 e. The van der Waals surface area contributed by atoms with Gasteiger partial charge in [0.2, 0.25) is 0 Å². The van der Waals surface area contributed by atoms with Crippen LogP contribution >= 0.6 is 27.7 Å². The number of ether oxygens (including phenoxy) is 1. The lowest BCUT2D eigenvalue weighted by Gasteiger charge is -2.19. The van der Waals surface area contributed by atoms with Crippen LogP contribution in [-0.2, 0) is 0 Å². The first kappa shape index (κ1) is 15.4. The van der Waals surface area contributed by atoms with E-state index in [1.807, 2.05) is 42.5 Å². The molecule has 20 heavy (non-hydrogen) atoms. The zero-order chi connectivity index (χ0) is 14.4. The van der Waals surface area contributed by atoms with Gasteiger partial charge in [0.05, 0.1) is 13.2 Å². The Morgan fingerprint density at radius 3 is 2.60 bits per heavy atom. The molecule has 0 aliphatic rings. The van der Waals surface area contributed by atoms with E-state index < -0.39 is 0 Å². The zero-order valence-electron chi connectivity index (χ0n) is 11.2. The number of para-hydroxylation sites is 1. The van der Waals surface area contributed by atoms with E-state index in [4.69, 9.17) is 10.6 Å². The monoisotopic (exact) mass is 352 g/mol. The molecule has 2 rings (SSSR count). The van der Waals surface area contributed by atoms with Crippen molar-refractivity contribution in [1.29, 1.82) is 0 Å². The Labute approximate surface area is 132 Å². The molecule has 0 saturated heterocycles. The van der Waals surface area contributed by atoms with E-state index in [-0.39, 0.29) is 6.04 Å². The van der Waals surface area contributed by atoms with Gasteiger partial charge in [-0.3, -0.25) is 11.3 Å². The first-order chi connectivity index (χ1) is 9.76. The molecule has 0 aliphatic heterocycles. The molecule has 0 amide bonds. The molecule has 1 unspecified atom stereocenters. The fourth-order valence-corrected chi connectivity index (χ4v) is 3.55. The van der Waals surface area contributed by atoms with E-state index in [0.29, 0.717) is 0 Å². The van der Waals surface area contributed by atoms with Gasteiger partial charge in [-0.2, -0.15) is 0 Å². The average Bonchev–Trinajstić information content (AvgIpc) is 2.50. The molecule has 0 fully saturated rings. The average molecular weight is 353 g/mol.